The Morgan fingerprint density at radius 2 is 1.85 bits per heavy atom. The third-order valence-corrected chi connectivity index (χ3v) is 3.86. The first-order valence-electron chi connectivity index (χ1n) is 6.00. The quantitative estimate of drug-likeness (QED) is 0.847. The van der Waals surface area contributed by atoms with E-state index in [9.17, 15) is 4.79 Å². The lowest BCUT2D eigenvalue weighted by molar-refractivity contribution is 0.0993. The molecule has 0 unspecified atom stereocenters. The molecule has 20 heavy (non-hydrogen) atoms. The standard InChI is InChI=1S/C15H14Cl2N2O/c1-9-5-3-4-6-13(9)19(2)15(20)11-7-10(18)8-12(16)14(11)17/h3-8H,18H2,1-2H3. The Hall–Kier alpha value is -1.71. The maximum atomic E-state index is 12.5. The minimum atomic E-state index is -0.251. The van der Waals surface area contributed by atoms with E-state index < -0.39 is 0 Å². The van der Waals surface area contributed by atoms with Crippen LogP contribution in [0.3, 0.4) is 0 Å². The molecule has 0 aliphatic carbocycles. The van der Waals surface area contributed by atoms with E-state index in [1.54, 1.807) is 7.05 Å². The molecule has 2 N–H and O–H groups in total. The van der Waals surface area contributed by atoms with Gasteiger partial charge in [0.05, 0.1) is 15.6 Å². The van der Waals surface area contributed by atoms with Crippen molar-refractivity contribution in [3.05, 3.63) is 57.6 Å². The van der Waals surface area contributed by atoms with Crippen LogP contribution in [0.5, 0.6) is 0 Å². The van der Waals surface area contributed by atoms with Gasteiger partial charge in [-0.1, -0.05) is 41.4 Å². The molecule has 0 saturated carbocycles. The molecule has 0 aliphatic heterocycles. The number of amides is 1. The van der Waals surface area contributed by atoms with E-state index in [1.807, 2.05) is 31.2 Å². The fraction of sp³-hybridized carbons (Fsp3) is 0.133. The maximum absolute atomic E-state index is 12.5. The van der Waals surface area contributed by atoms with Crippen LogP contribution in [0.25, 0.3) is 0 Å². The summed E-state index contributed by atoms with van der Waals surface area (Å²) in [4.78, 5) is 14.1. The molecule has 104 valence electrons. The Kier molecular flexibility index (Phi) is 4.21. The molecule has 0 bridgehead atoms. The number of aryl methyl sites for hydroxylation is 1. The smallest absolute Gasteiger partial charge is 0.259 e. The number of halogens is 2. The van der Waals surface area contributed by atoms with E-state index in [-0.39, 0.29) is 16.0 Å². The Balaban J connectivity index is 2.44. The second-order valence-corrected chi connectivity index (χ2v) is 5.30. The minimum Gasteiger partial charge on any atom is -0.399 e. The SMILES string of the molecule is Cc1ccccc1N(C)C(=O)c1cc(N)cc(Cl)c1Cl. The average Bonchev–Trinajstić information content (AvgIpc) is 2.42. The van der Waals surface area contributed by atoms with Gasteiger partial charge in [0.15, 0.2) is 0 Å². The first-order chi connectivity index (χ1) is 9.41. The highest BCUT2D eigenvalue weighted by atomic mass is 35.5. The van der Waals surface area contributed by atoms with E-state index in [4.69, 9.17) is 28.9 Å². The number of anilines is 2. The molecule has 5 heteroatoms. The van der Waals surface area contributed by atoms with Crippen molar-refractivity contribution in [1.82, 2.24) is 0 Å². The number of hydrogen-bond donors (Lipinski definition) is 1. The topological polar surface area (TPSA) is 46.3 Å². The summed E-state index contributed by atoms with van der Waals surface area (Å²) in [5.74, 6) is -0.251. The van der Waals surface area contributed by atoms with Crippen molar-refractivity contribution in [1.29, 1.82) is 0 Å². The summed E-state index contributed by atoms with van der Waals surface area (Å²) in [6.07, 6.45) is 0. The van der Waals surface area contributed by atoms with Crippen LogP contribution in [0.2, 0.25) is 10.0 Å². The highest BCUT2D eigenvalue weighted by molar-refractivity contribution is 6.44. The summed E-state index contributed by atoms with van der Waals surface area (Å²) in [6.45, 7) is 1.94. The molecule has 2 aromatic rings. The van der Waals surface area contributed by atoms with Crippen molar-refractivity contribution in [3.63, 3.8) is 0 Å². The third-order valence-electron chi connectivity index (χ3n) is 3.06. The molecule has 0 spiro atoms. The van der Waals surface area contributed by atoms with E-state index in [0.29, 0.717) is 11.3 Å². The summed E-state index contributed by atoms with van der Waals surface area (Å²) in [6, 6.07) is 10.7. The Morgan fingerprint density at radius 1 is 1.20 bits per heavy atom. The Morgan fingerprint density at radius 3 is 2.50 bits per heavy atom. The van der Waals surface area contributed by atoms with Crippen molar-refractivity contribution in [3.8, 4) is 0 Å². The zero-order valence-corrected chi connectivity index (χ0v) is 12.7. The highest BCUT2D eigenvalue weighted by Crippen LogP contribution is 2.30. The van der Waals surface area contributed by atoms with Crippen molar-refractivity contribution in [2.75, 3.05) is 17.7 Å². The average molecular weight is 309 g/mol. The zero-order chi connectivity index (χ0) is 14.9. The van der Waals surface area contributed by atoms with Gasteiger partial charge in [-0.25, -0.2) is 0 Å². The summed E-state index contributed by atoms with van der Waals surface area (Å²) >= 11 is 12.1. The molecule has 0 heterocycles. The van der Waals surface area contributed by atoms with Crippen LogP contribution in [0.1, 0.15) is 15.9 Å². The van der Waals surface area contributed by atoms with E-state index in [1.165, 1.54) is 17.0 Å². The zero-order valence-electron chi connectivity index (χ0n) is 11.2. The van der Waals surface area contributed by atoms with Gasteiger partial charge < -0.3 is 10.6 Å². The molecular weight excluding hydrogens is 295 g/mol. The molecule has 0 radical (unpaired) electrons. The Labute approximate surface area is 127 Å². The van der Waals surface area contributed by atoms with Crippen LogP contribution in [-0.4, -0.2) is 13.0 Å². The van der Waals surface area contributed by atoms with Crippen LogP contribution in [0.15, 0.2) is 36.4 Å². The predicted molar refractivity (Wildman–Crippen MR) is 84.8 cm³/mol. The van der Waals surface area contributed by atoms with Crippen molar-refractivity contribution in [2.24, 2.45) is 0 Å². The second kappa shape index (κ2) is 5.73. The van der Waals surface area contributed by atoms with Gasteiger partial charge in [-0.15, -0.1) is 0 Å². The number of rotatable bonds is 2. The predicted octanol–water partition coefficient (Wildman–Crippen LogP) is 4.16. The molecule has 2 rings (SSSR count). The van der Waals surface area contributed by atoms with Crippen LogP contribution in [0.4, 0.5) is 11.4 Å². The lowest BCUT2D eigenvalue weighted by atomic mass is 10.1. The van der Waals surface area contributed by atoms with Crippen molar-refractivity contribution in [2.45, 2.75) is 6.92 Å². The summed E-state index contributed by atoms with van der Waals surface area (Å²) in [7, 11) is 1.69. The van der Waals surface area contributed by atoms with Crippen LogP contribution < -0.4 is 10.6 Å². The normalized spacial score (nSPS) is 10.4. The molecule has 2 aromatic carbocycles. The first-order valence-corrected chi connectivity index (χ1v) is 6.75. The van der Waals surface area contributed by atoms with Crippen LogP contribution in [0, 0.1) is 6.92 Å². The van der Waals surface area contributed by atoms with Crippen LogP contribution >= 0.6 is 23.2 Å². The maximum Gasteiger partial charge on any atom is 0.259 e. The third kappa shape index (κ3) is 2.74. The molecule has 1 amide bonds. The number of nitrogens with two attached hydrogens (primary N) is 1. The molecule has 0 aliphatic rings. The van der Waals surface area contributed by atoms with Gasteiger partial charge in [0.2, 0.25) is 0 Å². The molecule has 0 atom stereocenters. The van der Waals surface area contributed by atoms with Gasteiger partial charge in [0.25, 0.3) is 5.91 Å². The number of carbonyl (C=O) groups excluding carboxylic acids is 1. The van der Waals surface area contributed by atoms with Gasteiger partial charge in [-0.05, 0) is 30.7 Å². The largest absolute Gasteiger partial charge is 0.399 e. The summed E-state index contributed by atoms with van der Waals surface area (Å²) in [5, 5.41) is 0.486. The molecule has 0 saturated heterocycles. The van der Waals surface area contributed by atoms with Crippen molar-refractivity contribution >= 4 is 40.5 Å². The number of hydrogen-bond acceptors (Lipinski definition) is 2. The molecule has 3 nitrogen and oxygen atoms in total. The van der Waals surface area contributed by atoms with Gasteiger partial charge >= 0.3 is 0 Å². The number of nitrogens with zero attached hydrogens (tertiary/aromatic N) is 1. The highest BCUT2D eigenvalue weighted by Gasteiger charge is 2.19. The van der Waals surface area contributed by atoms with Crippen LogP contribution in [-0.2, 0) is 0 Å². The summed E-state index contributed by atoms with van der Waals surface area (Å²) < 4.78 is 0. The first kappa shape index (κ1) is 14.7. The van der Waals surface area contributed by atoms with Gasteiger partial charge in [-0.2, -0.15) is 0 Å². The van der Waals surface area contributed by atoms with E-state index in [0.717, 1.165) is 11.3 Å². The number of para-hydroxylation sites is 1. The van der Waals surface area contributed by atoms with Gasteiger partial charge in [0.1, 0.15) is 0 Å². The molecule has 0 fully saturated rings. The monoisotopic (exact) mass is 308 g/mol. The lowest BCUT2D eigenvalue weighted by Crippen LogP contribution is -2.27. The molecular formula is C15H14Cl2N2O. The fourth-order valence-electron chi connectivity index (χ4n) is 2.00. The molecule has 0 aromatic heterocycles. The Bertz CT molecular complexity index is 671. The summed E-state index contributed by atoms with van der Waals surface area (Å²) in [5.41, 5.74) is 8.23. The fourth-order valence-corrected chi connectivity index (χ4v) is 2.41. The lowest BCUT2D eigenvalue weighted by Gasteiger charge is -2.20. The number of nitrogen functional groups attached to an aromatic ring is 1. The minimum absolute atomic E-state index is 0.214. The number of benzene rings is 2. The van der Waals surface area contributed by atoms with Crippen molar-refractivity contribution < 1.29 is 4.79 Å². The van der Waals surface area contributed by atoms with E-state index in [2.05, 4.69) is 0 Å². The number of carbonyl (C=O) groups is 1. The van der Waals surface area contributed by atoms with Gasteiger partial charge in [-0.3, -0.25) is 4.79 Å². The van der Waals surface area contributed by atoms with Gasteiger partial charge in [0, 0.05) is 18.4 Å². The second-order valence-electron chi connectivity index (χ2n) is 4.51. The van der Waals surface area contributed by atoms with E-state index >= 15 is 0 Å².